The van der Waals surface area contributed by atoms with Crippen LogP contribution in [0.15, 0.2) is 51.8 Å². The van der Waals surface area contributed by atoms with Gasteiger partial charge in [-0.15, -0.1) is 22.0 Å². The highest BCUT2D eigenvalue weighted by Gasteiger charge is 2.14. The SMILES string of the molecule is O=[N+]([O-])c1ccc(-c2nnc(CSc3ccc4c(c3)OCCO4)o2)cc1. The van der Waals surface area contributed by atoms with E-state index in [1.165, 1.54) is 12.1 Å². The topological polar surface area (TPSA) is 101 Å². The number of hydrogen-bond donors (Lipinski definition) is 0. The molecule has 0 bridgehead atoms. The average Bonchev–Trinajstić information content (AvgIpc) is 3.15. The third-order valence-corrected chi connectivity index (χ3v) is 4.65. The van der Waals surface area contributed by atoms with E-state index < -0.39 is 4.92 Å². The van der Waals surface area contributed by atoms with Crippen molar-refractivity contribution in [2.45, 2.75) is 10.6 Å². The van der Waals surface area contributed by atoms with Crippen LogP contribution in [0.3, 0.4) is 0 Å². The van der Waals surface area contributed by atoms with Crippen LogP contribution in [0.1, 0.15) is 5.89 Å². The van der Waals surface area contributed by atoms with E-state index in [0.717, 1.165) is 16.4 Å². The van der Waals surface area contributed by atoms with Gasteiger partial charge in [-0.1, -0.05) is 0 Å². The molecule has 0 saturated heterocycles. The third kappa shape index (κ3) is 3.47. The average molecular weight is 371 g/mol. The largest absolute Gasteiger partial charge is 0.486 e. The Balaban J connectivity index is 1.43. The number of ether oxygens (including phenoxy) is 2. The summed E-state index contributed by atoms with van der Waals surface area (Å²) in [6.07, 6.45) is 0. The molecule has 0 N–H and O–H groups in total. The minimum absolute atomic E-state index is 0.0163. The highest BCUT2D eigenvalue weighted by Crippen LogP contribution is 2.35. The van der Waals surface area contributed by atoms with Crippen molar-refractivity contribution in [2.24, 2.45) is 0 Å². The molecule has 0 atom stereocenters. The fourth-order valence-corrected chi connectivity index (χ4v) is 3.17. The van der Waals surface area contributed by atoms with Crippen LogP contribution < -0.4 is 9.47 Å². The van der Waals surface area contributed by atoms with E-state index in [-0.39, 0.29) is 5.69 Å². The molecule has 1 aromatic heterocycles. The normalized spacial score (nSPS) is 12.8. The zero-order chi connectivity index (χ0) is 17.9. The van der Waals surface area contributed by atoms with Gasteiger partial charge in [-0.3, -0.25) is 10.1 Å². The van der Waals surface area contributed by atoms with Crippen molar-refractivity contribution in [1.82, 2.24) is 10.2 Å². The Bertz CT molecular complexity index is 942. The number of thioether (sulfide) groups is 1. The highest BCUT2D eigenvalue weighted by molar-refractivity contribution is 7.98. The molecule has 132 valence electrons. The van der Waals surface area contributed by atoms with E-state index in [1.807, 2.05) is 18.2 Å². The number of fused-ring (bicyclic) bond motifs is 1. The van der Waals surface area contributed by atoms with Crippen LogP contribution in [0, 0.1) is 10.1 Å². The van der Waals surface area contributed by atoms with E-state index >= 15 is 0 Å². The Morgan fingerprint density at radius 3 is 2.58 bits per heavy atom. The lowest BCUT2D eigenvalue weighted by Crippen LogP contribution is -2.15. The number of non-ortho nitro benzene ring substituents is 1. The number of hydrogen-bond acceptors (Lipinski definition) is 8. The summed E-state index contributed by atoms with van der Waals surface area (Å²) >= 11 is 1.54. The third-order valence-electron chi connectivity index (χ3n) is 3.67. The molecule has 0 aliphatic carbocycles. The molecule has 0 radical (unpaired) electrons. The second-order valence-electron chi connectivity index (χ2n) is 5.40. The first-order chi connectivity index (χ1) is 12.7. The van der Waals surface area contributed by atoms with Gasteiger partial charge < -0.3 is 13.9 Å². The van der Waals surface area contributed by atoms with Crippen LogP contribution in [0.25, 0.3) is 11.5 Å². The molecule has 26 heavy (non-hydrogen) atoms. The van der Waals surface area contributed by atoms with Gasteiger partial charge in [0.25, 0.3) is 5.69 Å². The lowest BCUT2D eigenvalue weighted by Gasteiger charge is -2.18. The Labute approximate surface area is 152 Å². The zero-order valence-corrected chi connectivity index (χ0v) is 14.3. The number of rotatable bonds is 5. The minimum atomic E-state index is -0.451. The zero-order valence-electron chi connectivity index (χ0n) is 13.5. The van der Waals surface area contributed by atoms with Crippen LogP contribution in [0.5, 0.6) is 11.5 Å². The summed E-state index contributed by atoms with van der Waals surface area (Å²) in [5, 5.41) is 18.7. The molecular weight excluding hydrogens is 358 g/mol. The molecule has 4 rings (SSSR count). The highest BCUT2D eigenvalue weighted by atomic mass is 32.2. The van der Waals surface area contributed by atoms with Crippen molar-refractivity contribution >= 4 is 17.4 Å². The molecule has 0 amide bonds. The van der Waals surface area contributed by atoms with Gasteiger partial charge in [0.1, 0.15) is 13.2 Å². The van der Waals surface area contributed by atoms with Gasteiger partial charge in [0, 0.05) is 22.6 Å². The van der Waals surface area contributed by atoms with Crippen LogP contribution in [-0.2, 0) is 5.75 Å². The molecule has 9 heteroatoms. The number of nitro groups is 1. The number of nitro benzene ring substituents is 1. The predicted molar refractivity (Wildman–Crippen MR) is 93.4 cm³/mol. The summed E-state index contributed by atoms with van der Waals surface area (Å²) in [5.74, 6) is 2.78. The van der Waals surface area contributed by atoms with E-state index in [2.05, 4.69) is 10.2 Å². The fraction of sp³-hybridized carbons (Fsp3) is 0.176. The van der Waals surface area contributed by atoms with Crippen LogP contribution in [-0.4, -0.2) is 28.3 Å². The van der Waals surface area contributed by atoms with Crippen molar-refractivity contribution in [3.05, 3.63) is 58.5 Å². The van der Waals surface area contributed by atoms with Crippen molar-refractivity contribution < 1.29 is 18.8 Å². The summed E-state index contributed by atoms with van der Waals surface area (Å²) in [6.45, 7) is 1.11. The smallest absolute Gasteiger partial charge is 0.269 e. The van der Waals surface area contributed by atoms with E-state index in [0.29, 0.717) is 36.3 Å². The Morgan fingerprint density at radius 2 is 1.81 bits per heavy atom. The maximum Gasteiger partial charge on any atom is 0.269 e. The monoisotopic (exact) mass is 371 g/mol. The molecule has 2 aromatic carbocycles. The quantitative estimate of drug-likeness (QED) is 0.380. The van der Waals surface area contributed by atoms with Gasteiger partial charge in [-0.05, 0) is 30.3 Å². The first-order valence-electron chi connectivity index (χ1n) is 7.79. The van der Waals surface area contributed by atoms with Gasteiger partial charge >= 0.3 is 0 Å². The van der Waals surface area contributed by atoms with Gasteiger partial charge in [-0.25, -0.2) is 0 Å². The first-order valence-corrected chi connectivity index (χ1v) is 8.77. The molecule has 0 spiro atoms. The molecule has 0 fully saturated rings. The van der Waals surface area contributed by atoms with Crippen molar-refractivity contribution in [1.29, 1.82) is 0 Å². The number of nitrogens with zero attached hydrogens (tertiary/aromatic N) is 3. The predicted octanol–water partition coefficient (Wildman–Crippen LogP) is 3.71. The molecule has 2 heterocycles. The lowest BCUT2D eigenvalue weighted by atomic mass is 10.2. The second kappa shape index (κ2) is 7.04. The molecular formula is C17H13N3O5S. The van der Waals surface area contributed by atoms with Crippen LogP contribution in [0.2, 0.25) is 0 Å². The van der Waals surface area contributed by atoms with Gasteiger partial charge in [0.2, 0.25) is 11.8 Å². The van der Waals surface area contributed by atoms with Crippen LogP contribution in [0.4, 0.5) is 5.69 Å². The lowest BCUT2D eigenvalue weighted by molar-refractivity contribution is -0.384. The second-order valence-corrected chi connectivity index (χ2v) is 6.45. The Hall–Kier alpha value is -3.07. The summed E-state index contributed by atoms with van der Waals surface area (Å²) < 4.78 is 16.7. The summed E-state index contributed by atoms with van der Waals surface area (Å²) in [5.41, 5.74) is 0.654. The molecule has 0 unspecified atom stereocenters. The molecule has 8 nitrogen and oxygen atoms in total. The summed E-state index contributed by atoms with van der Waals surface area (Å²) in [6, 6.07) is 11.7. The molecule has 1 aliphatic rings. The van der Waals surface area contributed by atoms with E-state index in [1.54, 1.807) is 23.9 Å². The summed E-state index contributed by atoms with van der Waals surface area (Å²) in [7, 11) is 0. The van der Waals surface area contributed by atoms with E-state index in [4.69, 9.17) is 13.9 Å². The molecule has 3 aromatic rings. The number of aromatic nitrogens is 2. The first kappa shape index (κ1) is 16.4. The molecule has 1 aliphatic heterocycles. The van der Waals surface area contributed by atoms with Gasteiger partial charge in [0.05, 0.1) is 10.7 Å². The summed E-state index contributed by atoms with van der Waals surface area (Å²) in [4.78, 5) is 11.2. The van der Waals surface area contributed by atoms with Gasteiger partial charge in [-0.2, -0.15) is 0 Å². The Kier molecular flexibility index (Phi) is 4.44. The Morgan fingerprint density at radius 1 is 1.04 bits per heavy atom. The number of benzene rings is 2. The van der Waals surface area contributed by atoms with E-state index in [9.17, 15) is 10.1 Å². The standard InChI is InChI=1S/C17H13N3O5S/c21-20(22)12-3-1-11(2-4-12)17-19-18-16(25-17)10-26-13-5-6-14-15(9-13)24-8-7-23-14/h1-6,9H,7-8,10H2. The van der Waals surface area contributed by atoms with Crippen molar-refractivity contribution in [3.8, 4) is 23.0 Å². The fourth-order valence-electron chi connectivity index (χ4n) is 2.41. The van der Waals surface area contributed by atoms with Crippen molar-refractivity contribution in [3.63, 3.8) is 0 Å². The maximum absolute atomic E-state index is 10.7. The molecule has 0 saturated carbocycles. The minimum Gasteiger partial charge on any atom is -0.486 e. The van der Waals surface area contributed by atoms with Gasteiger partial charge in [0.15, 0.2) is 11.5 Å². The van der Waals surface area contributed by atoms with Crippen LogP contribution >= 0.6 is 11.8 Å². The van der Waals surface area contributed by atoms with Crippen molar-refractivity contribution in [2.75, 3.05) is 13.2 Å². The maximum atomic E-state index is 10.7.